The van der Waals surface area contributed by atoms with Crippen LogP contribution in [-0.2, 0) is 22.3 Å². The number of carbonyl (C=O) groups excluding carboxylic acids is 2. The monoisotopic (exact) mass is 592 g/mol. The predicted molar refractivity (Wildman–Crippen MR) is 159 cm³/mol. The van der Waals surface area contributed by atoms with Crippen LogP contribution in [0.5, 0.6) is 23.0 Å². The van der Waals surface area contributed by atoms with Gasteiger partial charge >= 0.3 is 11.9 Å². The number of ether oxygens (including phenoxy) is 5. The molecule has 0 aliphatic carbocycles. The van der Waals surface area contributed by atoms with E-state index < -0.39 is 11.9 Å². The van der Waals surface area contributed by atoms with E-state index in [9.17, 15) is 9.59 Å². The van der Waals surface area contributed by atoms with E-state index in [1.807, 2.05) is 60.7 Å². The summed E-state index contributed by atoms with van der Waals surface area (Å²) in [7, 11) is 5.46. The lowest BCUT2D eigenvalue weighted by molar-refractivity contribution is 0.0584. The lowest BCUT2D eigenvalue weighted by Crippen LogP contribution is -2.07. The maximum atomic E-state index is 11.4. The Hall–Kier alpha value is -5.16. The summed E-state index contributed by atoms with van der Waals surface area (Å²) < 4.78 is 24.7. The molecular formula is C32H36N2O9. The van der Waals surface area contributed by atoms with Crippen LogP contribution in [-0.4, -0.2) is 73.8 Å². The average molecular weight is 593 g/mol. The first-order valence-corrected chi connectivity index (χ1v) is 13.1. The molecule has 0 saturated carbocycles. The molecule has 11 heteroatoms. The summed E-state index contributed by atoms with van der Waals surface area (Å²) in [6.07, 6.45) is 4.14. The van der Waals surface area contributed by atoms with Gasteiger partial charge in [-0.05, 0) is 17.5 Å². The summed E-state index contributed by atoms with van der Waals surface area (Å²) in [5.41, 5.74) is 2.66. The molecule has 4 rings (SSSR count). The largest absolute Gasteiger partial charge is 0.503 e. The second-order valence-electron chi connectivity index (χ2n) is 8.49. The summed E-state index contributed by atoms with van der Waals surface area (Å²) in [6.45, 7) is 0.740. The fraction of sp³-hybridized carbons (Fsp3) is 0.250. The van der Waals surface area contributed by atoms with Crippen molar-refractivity contribution in [2.75, 3.05) is 41.7 Å². The number of benzene rings is 2. The minimum Gasteiger partial charge on any atom is -0.503 e. The van der Waals surface area contributed by atoms with E-state index in [2.05, 4.69) is 19.4 Å². The number of methoxy groups -OCH3 is 4. The molecular weight excluding hydrogens is 556 g/mol. The molecule has 0 spiro atoms. The number of hydrogen-bond donors (Lipinski definition) is 2. The number of rotatable bonds is 10. The fourth-order valence-electron chi connectivity index (χ4n) is 3.42. The van der Waals surface area contributed by atoms with Crippen LogP contribution in [0.4, 0.5) is 0 Å². The molecule has 228 valence electrons. The number of aromatic hydroxyl groups is 1. The van der Waals surface area contributed by atoms with Gasteiger partial charge in [0.2, 0.25) is 0 Å². The van der Waals surface area contributed by atoms with Crippen molar-refractivity contribution in [3.8, 4) is 23.0 Å². The number of aromatic nitrogens is 2. The summed E-state index contributed by atoms with van der Waals surface area (Å²) in [5.74, 6) is -0.0486. The molecule has 2 heterocycles. The molecule has 43 heavy (non-hydrogen) atoms. The van der Waals surface area contributed by atoms with Crippen LogP contribution >= 0.6 is 0 Å². The van der Waals surface area contributed by atoms with Gasteiger partial charge in [-0.15, -0.1) is 0 Å². The Balaban J connectivity index is 0.000000249. The van der Waals surface area contributed by atoms with E-state index in [-0.39, 0.29) is 29.5 Å². The van der Waals surface area contributed by atoms with Gasteiger partial charge in [0.15, 0.2) is 34.4 Å². The zero-order chi connectivity index (χ0) is 31.5. The summed E-state index contributed by atoms with van der Waals surface area (Å²) in [5, 5.41) is 17.7. The van der Waals surface area contributed by atoms with Crippen molar-refractivity contribution < 1.29 is 43.5 Å². The SMILES string of the molecule is COC(=O)c1cc(OC)c(O)cn1.COC(=O)c1cc(OC)c(OCCc2ccccc2)cn1.OCCc1ccccc1. The average Bonchev–Trinajstić information content (AvgIpc) is 3.06. The molecule has 0 radical (unpaired) electrons. The van der Waals surface area contributed by atoms with Crippen molar-refractivity contribution in [2.24, 2.45) is 0 Å². The van der Waals surface area contributed by atoms with Crippen LogP contribution < -0.4 is 14.2 Å². The lowest BCUT2D eigenvalue weighted by Gasteiger charge is -2.11. The number of hydrogen-bond acceptors (Lipinski definition) is 11. The fourth-order valence-corrected chi connectivity index (χ4v) is 3.42. The van der Waals surface area contributed by atoms with Gasteiger partial charge < -0.3 is 33.9 Å². The van der Waals surface area contributed by atoms with Crippen LogP contribution in [0.25, 0.3) is 0 Å². The van der Waals surface area contributed by atoms with E-state index in [4.69, 9.17) is 24.4 Å². The third-order valence-corrected chi connectivity index (χ3v) is 5.64. The standard InChI is InChI=1S/C16H17NO4.C8H9NO4.C8H10O/c1-19-14-10-13(16(18)20-2)17-11-15(14)21-9-8-12-6-4-3-5-7-12;1-12-7-3-5(8(11)13-2)9-4-6(7)10;9-7-6-8-4-2-1-3-5-8/h3-7,10-11H,8-9H2,1-2H3;3-4,10H,1-2H3;1-5,9H,6-7H2. The van der Waals surface area contributed by atoms with Gasteiger partial charge in [-0.25, -0.2) is 19.6 Å². The van der Waals surface area contributed by atoms with Gasteiger partial charge in [-0.2, -0.15) is 0 Å². The quantitative estimate of drug-likeness (QED) is 0.254. The van der Waals surface area contributed by atoms with Crippen LogP contribution in [0, 0.1) is 0 Å². The number of aliphatic hydroxyl groups excluding tert-OH is 1. The zero-order valence-electron chi connectivity index (χ0n) is 24.6. The van der Waals surface area contributed by atoms with Crippen molar-refractivity contribution in [3.05, 3.63) is 108 Å². The second kappa shape index (κ2) is 19.1. The Kier molecular flexibility index (Phi) is 15.1. The maximum Gasteiger partial charge on any atom is 0.356 e. The lowest BCUT2D eigenvalue weighted by atomic mass is 10.2. The Morgan fingerprint density at radius 2 is 1.16 bits per heavy atom. The third-order valence-electron chi connectivity index (χ3n) is 5.64. The maximum absolute atomic E-state index is 11.4. The molecule has 0 aliphatic rings. The molecule has 2 aromatic heterocycles. The number of carbonyl (C=O) groups is 2. The van der Waals surface area contributed by atoms with E-state index in [1.54, 1.807) is 0 Å². The minimum atomic E-state index is -0.571. The van der Waals surface area contributed by atoms with Gasteiger partial charge in [0.25, 0.3) is 0 Å². The molecule has 2 N–H and O–H groups in total. The Bertz CT molecular complexity index is 1400. The smallest absolute Gasteiger partial charge is 0.356 e. The van der Waals surface area contributed by atoms with E-state index in [0.717, 1.165) is 19.0 Å². The van der Waals surface area contributed by atoms with E-state index in [1.165, 1.54) is 57.9 Å². The van der Waals surface area contributed by atoms with Gasteiger partial charge in [0.1, 0.15) is 0 Å². The molecule has 0 aliphatic heterocycles. The first-order valence-electron chi connectivity index (χ1n) is 13.1. The second-order valence-corrected chi connectivity index (χ2v) is 8.49. The van der Waals surface area contributed by atoms with Crippen molar-refractivity contribution in [3.63, 3.8) is 0 Å². The van der Waals surface area contributed by atoms with Crippen molar-refractivity contribution >= 4 is 11.9 Å². The normalized spacial score (nSPS) is 9.70. The molecule has 2 aromatic carbocycles. The Labute approximate surface area is 250 Å². The number of esters is 2. The molecule has 0 atom stereocenters. The highest BCUT2D eigenvalue weighted by molar-refractivity contribution is 5.88. The number of pyridine rings is 2. The van der Waals surface area contributed by atoms with Crippen molar-refractivity contribution in [2.45, 2.75) is 12.8 Å². The van der Waals surface area contributed by atoms with Crippen LogP contribution in [0.1, 0.15) is 32.1 Å². The van der Waals surface area contributed by atoms with Gasteiger partial charge in [0.05, 0.1) is 47.4 Å². The topological polar surface area (TPSA) is 147 Å². The first kappa shape index (κ1) is 34.0. The number of aliphatic hydroxyl groups is 1. The third kappa shape index (κ3) is 11.7. The predicted octanol–water partition coefficient (Wildman–Crippen LogP) is 4.30. The highest BCUT2D eigenvalue weighted by atomic mass is 16.5. The summed E-state index contributed by atoms with van der Waals surface area (Å²) in [6, 6.07) is 22.8. The number of nitrogens with zero attached hydrogens (tertiary/aromatic N) is 2. The van der Waals surface area contributed by atoms with E-state index >= 15 is 0 Å². The molecule has 0 saturated heterocycles. The van der Waals surface area contributed by atoms with Gasteiger partial charge in [0, 0.05) is 25.2 Å². The molecule has 0 amide bonds. The zero-order valence-corrected chi connectivity index (χ0v) is 24.6. The summed E-state index contributed by atoms with van der Waals surface area (Å²) in [4.78, 5) is 30.0. The van der Waals surface area contributed by atoms with Crippen LogP contribution in [0.15, 0.2) is 85.2 Å². The van der Waals surface area contributed by atoms with Crippen molar-refractivity contribution in [1.29, 1.82) is 0 Å². The molecule has 4 aromatic rings. The van der Waals surface area contributed by atoms with E-state index in [0.29, 0.717) is 18.1 Å². The Morgan fingerprint density at radius 1 is 0.674 bits per heavy atom. The molecule has 0 fully saturated rings. The Morgan fingerprint density at radius 3 is 1.65 bits per heavy atom. The van der Waals surface area contributed by atoms with Crippen LogP contribution in [0.3, 0.4) is 0 Å². The van der Waals surface area contributed by atoms with Crippen LogP contribution in [0.2, 0.25) is 0 Å². The molecule has 0 unspecified atom stereocenters. The van der Waals surface area contributed by atoms with Gasteiger partial charge in [-0.3, -0.25) is 0 Å². The van der Waals surface area contributed by atoms with Gasteiger partial charge in [-0.1, -0.05) is 60.7 Å². The molecule has 11 nitrogen and oxygen atoms in total. The molecule has 0 bridgehead atoms. The highest BCUT2D eigenvalue weighted by Gasteiger charge is 2.13. The minimum absolute atomic E-state index is 0.0946. The first-order chi connectivity index (χ1) is 20.9. The highest BCUT2D eigenvalue weighted by Crippen LogP contribution is 2.27. The summed E-state index contributed by atoms with van der Waals surface area (Å²) >= 11 is 0. The van der Waals surface area contributed by atoms with Crippen molar-refractivity contribution in [1.82, 2.24) is 9.97 Å².